The third-order valence-corrected chi connectivity index (χ3v) is 3.41. The van der Waals surface area contributed by atoms with Crippen LogP contribution in [0.3, 0.4) is 0 Å². The number of ether oxygens (including phenoxy) is 4. The predicted molar refractivity (Wildman–Crippen MR) is 87.1 cm³/mol. The van der Waals surface area contributed by atoms with Gasteiger partial charge in [-0.1, -0.05) is 12.1 Å². The molecule has 2 rings (SSSR count). The van der Waals surface area contributed by atoms with Crippen molar-refractivity contribution in [3.05, 3.63) is 53.3 Å². The molecule has 0 amide bonds. The van der Waals surface area contributed by atoms with E-state index in [0.29, 0.717) is 5.75 Å². The van der Waals surface area contributed by atoms with Gasteiger partial charge in [0.05, 0.1) is 32.5 Å². The number of rotatable bonds is 7. The van der Waals surface area contributed by atoms with E-state index in [4.69, 9.17) is 18.9 Å². The highest BCUT2D eigenvalue weighted by molar-refractivity contribution is 5.99. The third-order valence-electron chi connectivity index (χ3n) is 3.41. The molecule has 0 fully saturated rings. The van der Waals surface area contributed by atoms with Crippen molar-refractivity contribution < 1.29 is 32.9 Å². The van der Waals surface area contributed by atoms with Crippen LogP contribution in [0.4, 0.5) is 4.39 Å². The summed E-state index contributed by atoms with van der Waals surface area (Å²) in [5, 5.41) is 0. The molecule has 0 atom stereocenters. The molecular weight excluding hydrogens is 331 g/mol. The molecule has 0 aliphatic carbocycles. The largest absolute Gasteiger partial charge is 0.493 e. The lowest BCUT2D eigenvalue weighted by Crippen LogP contribution is -2.15. The summed E-state index contributed by atoms with van der Waals surface area (Å²) < 4.78 is 34.0. The summed E-state index contributed by atoms with van der Waals surface area (Å²) in [5.74, 6) is -1.22. The Kier molecular flexibility index (Phi) is 5.94. The number of hydrogen-bond donors (Lipinski definition) is 0. The maximum Gasteiger partial charge on any atom is 0.338 e. The zero-order chi connectivity index (χ0) is 18.4. The Balaban J connectivity index is 2.16. The standard InChI is InChI=1S/C18H17FO6/c1-22-15-8-11(9-16(23-2)17(15)24-3)18(21)25-10-14(20)12-6-4-5-7-13(12)19/h4-9H,10H2,1-3H3. The van der Waals surface area contributed by atoms with Gasteiger partial charge in [-0.25, -0.2) is 9.18 Å². The summed E-state index contributed by atoms with van der Waals surface area (Å²) in [6, 6.07) is 8.28. The molecule has 6 nitrogen and oxygen atoms in total. The normalized spacial score (nSPS) is 10.1. The summed E-state index contributed by atoms with van der Waals surface area (Å²) in [6.07, 6.45) is 0. The van der Waals surface area contributed by atoms with Crippen LogP contribution in [0.25, 0.3) is 0 Å². The Morgan fingerprint density at radius 2 is 1.56 bits per heavy atom. The number of carbonyl (C=O) groups is 2. The average Bonchev–Trinajstić information content (AvgIpc) is 2.64. The molecule has 0 aliphatic heterocycles. The summed E-state index contributed by atoms with van der Waals surface area (Å²) in [4.78, 5) is 24.1. The number of carbonyl (C=O) groups excluding carboxylic acids is 2. The van der Waals surface area contributed by atoms with Gasteiger partial charge >= 0.3 is 5.97 Å². The minimum atomic E-state index is -0.774. The molecule has 0 spiro atoms. The number of hydrogen-bond acceptors (Lipinski definition) is 6. The maximum atomic E-state index is 13.6. The molecule has 0 saturated carbocycles. The first-order valence-corrected chi connectivity index (χ1v) is 7.26. The van der Waals surface area contributed by atoms with Crippen LogP contribution in [0.1, 0.15) is 20.7 Å². The van der Waals surface area contributed by atoms with Crippen LogP contribution >= 0.6 is 0 Å². The van der Waals surface area contributed by atoms with Gasteiger partial charge in [0.25, 0.3) is 0 Å². The summed E-state index contributed by atoms with van der Waals surface area (Å²) in [6.45, 7) is -0.587. The molecule has 25 heavy (non-hydrogen) atoms. The van der Waals surface area contributed by atoms with E-state index in [1.165, 1.54) is 51.7 Å². The molecule has 132 valence electrons. The van der Waals surface area contributed by atoms with Gasteiger partial charge in [-0.2, -0.15) is 0 Å². The lowest BCUT2D eigenvalue weighted by Gasteiger charge is -2.13. The van der Waals surface area contributed by atoms with E-state index < -0.39 is 24.2 Å². The van der Waals surface area contributed by atoms with E-state index in [0.717, 1.165) is 6.07 Å². The summed E-state index contributed by atoms with van der Waals surface area (Å²) in [5.41, 5.74) is -0.0315. The van der Waals surface area contributed by atoms with Gasteiger partial charge in [0.15, 0.2) is 18.1 Å². The molecule has 7 heteroatoms. The summed E-state index contributed by atoms with van der Waals surface area (Å²) in [7, 11) is 4.26. The fraction of sp³-hybridized carbons (Fsp3) is 0.222. The first kappa shape index (κ1) is 18.3. The Hall–Kier alpha value is -3.09. The molecule has 0 aromatic heterocycles. The number of Topliss-reactive ketones (excluding diaryl/α,β-unsaturated/α-hetero) is 1. The van der Waals surface area contributed by atoms with Gasteiger partial charge in [-0.05, 0) is 24.3 Å². The number of ketones is 1. The van der Waals surface area contributed by atoms with Crippen molar-refractivity contribution in [2.24, 2.45) is 0 Å². The highest BCUT2D eigenvalue weighted by atomic mass is 19.1. The monoisotopic (exact) mass is 348 g/mol. The van der Waals surface area contributed by atoms with Crippen LogP contribution in [-0.4, -0.2) is 39.7 Å². The lowest BCUT2D eigenvalue weighted by molar-refractivity contribution is 0.0473. The van der Waals surface area contributed by atoms with E-state index >= 15 is 0 Å². The zero-order valence-electron chi connectivity index (χ0n) is 14.0. The molecule has 0 bridgehead atoms. The van der Waals surface area contributed by atoms with Crippen molar-refractivity contribution in [3.63, 3.8) is 0 Å². The minimum Gasteiger partial charge on any atom is -0.493 e. The van der Waals surface area contributed by atoms with Gasteiger partial charge in [-0.3, -0.25) is 4.79 Å². The molecule has 0 radical (unpaired) electrons. The van der Waals surface area contributed by atoms with Gasteiger partial charge in [0, 0.05) is 0 Å². The maximum absolute atomic E-state index is 13.6. The van der Waals surface area contributed by atoms with Crippen LogP contribution in [-0.2, 0) is 4.74 Å². The van der Waals surface area contributed by atoms with Crippen molar-refractivity contribution in [2.45, 2.75) is 0 Å². The number of methoxy groups -OCH3 is 3. The Morgan fingerprint density at radius 1 is 0.960 bits per heavy atom. The smallest absolute Gasteiger partial charge is 0.338 e. The molecule has 0 heterocycles. The van der Waals surface area contributed by atoms with E-state index in [1.807, 2.05) is 0 Å². The fourth-order valence-electron chi connectivity index (χ4n) is 2.18. The second kappa shape index (κ2) is 8.14. The number of halogens is 1. The van der Waals surface area contributed by atoms with Crippen LogP contribution in [0, 0.1) is 5.82 Å². The highest BCUT2D eigenvalue weighted by Crippen LogP contribution is 2.38. The number of esters is 1. The summed E-state index contributed by atoms with van der Waals surface area (Å²) >= 11 is 0. The third kappa shape index (κ3) is 4.06. The fourth-order valence-corrected chi connectivity index (χ4v) is 2.18. The van der Waals surface area contributed by atoms with E-state index in [9.17, 15) is 14.0 Å². The molecule has 0 saturated heterocycles. The zero-order valence-corrected chi connectivity index (χ0v) is 14.0. The van der Waals surface area contributed by atoms with Gasteiger partial charge in [0.1, 0.15) is 5.82 Å². The second-order valence-corrected chi connectivity index (χ2v) is 4.89. The predicted octanol–water partition coefficient (Wildman–Crippen LogP) is 2.89. The highest BCUT2D eigenvalue weighted by Gasteiger charge is 2.19. The topological polar surface area (TPSA) is 71.1 Å². The molecule has 2 aromatic rings. The molecule has 0 N–H and O–H groups in total. The molecular formula is C18H17FO6. The first-order chi connectivity index (χ1) is 12.0. The molecule has 2 aromatic carbocycles. The minimum absolute atomic E-state index is 0.107. The first-order valence-electron chi connectivity index (χ1n) is 7.26. The van der Waals surface area contributed by atoms with Crippen molar-refractivity contribution in [1.82, 2.24) is 0 Å². The van der Waals surface area contributed by atoms with E-state index in [-0.39, 0.29) is 22.6 Å². The van der Waals surface area contributed by atoms with E-state index in [1.54, 1.807) is 0 Å². The van der Waals surface area contributed by atoms with Gasteiger partial charge in [-0.15, -0.1) is 0 Å². The Bertz CT molecular complexity index is 762. The SMILES string of the molecule is COc1cc(C(=O)OCC(=O)c2ccccc2F)cc(OC)c1OC. The second-order valence-electron chi connectivity index (χ2n) is 4.89. The Labute approximate surface area is 144 Å². The van der Waals surface area contributed by atoms with Crippen LogP contribution < -0.4 is 14.2 Å². The van der Waals surface area contributed by atoms with Gasteiger partial charge < -0.3 is 18.9 Å². The van der Waals surface area contributed by atoms with Crippen molar-refractivity contribution in [2.75, 3.05) is 27.9 Å². The average molecular weight is 348 g/mol. The molecule has 0 unspecified atom stereocenters. The Morgan fingerprint density at radius 3 is 2.08 bits per heavy atom. The van der Waals surface area contributed by atoms with Crippen molar-refractivity contribution >= 4 is 11.8 Å². The van der Waals surface area contributed by atoms with Crippen molar-refractivity contribution in [3.8, 4) is 17.2 Å². The van der Waals surface area contributed by atoms with Crippen LogP contribution in [0.5, 0.6) is 17.2 Å². The van der Waals surface area contributed by atoms with E-state index in [2.05, 4.69) is 0 Å². The van der Waals surface area contributed by atoms with Crippen molar-refractivity contribution in [1.29, 1.82) is 0 Å². The van der Waals surface area contributed by atoms with Gasteiger partial charge in [0.2, 0.25) is 11.5 Å². The quantitative estimate of drug-likeness (QED) is 0.566. The van der Waals surface area contributed by atoms with Crippen LogP contribution in [0.2, 0.25) is 0 Å². The molecule has 0 aliphatic rings. The van der Waals surface area contributed by atoms with Crippen LogP contribution in [0.15, 0.2) is 36.4 Å². The number of benzene rings is 2. The lowest BCUT2D eigenvalue weighted by atomic mass is 10.1.